The molecule has 4 nitrogen and oxygen atoms in total. The Morgan fingerprint density at radius 2 is 1.66 bits per heavy atom. The van der Waals surface area contributed by atoms with Crippen LogP contribution in [0.25, 0.3) is 0 Å². The summed E-state index contributed by atoms with van der Waals surface area (Å²) in [6.07, 6.45) is 0. The van der Waals surface area contributed by atoms with E-state index in [9.17, 15) is 12.8 Å². The molecule has 154 valence electrons. The van der Waals surface area contributed by atoms with Crippen LogP contribution in [0.1, 0.15) is 42.6 Å². The van der Waals surface area contributed by atoms with Crippen LogP contribution in [0.5, 0.6) is 5.75 Å². The van der Waals surface area contributed by atoms with Crippen molar-refractivity contribution in [2.45, 2.75) is 44.3 Å². The molecule has 0 unspecified atom stereocenters. The fourth-order valence-electron chi connectivity index (χ4n) is 2.79. The van der Waals surface area contributed by atoms with Gasteiger partial charge in [0, 0.05) is 5.38 Å². The Labute approximate surface area is 175 Å². The second kappa shape index (κ2) is 8.63. The van der Waals surface area contributed by atoms with E-state index in [0.717, 1.165) is 5.56 Å². The van der Waals surface area contributed by atoms with Crippen LogP contribution in [-0.4, -0.2) is 13.4 Å². The highest BCUT2D eigenvalue weighted by molar-refractivity contribution is 7.89. The molecule has 0 amide bonds. The molecular weight excluding hydrogens is 409 g/mol. The van der Waals surface area contributed by atoms with Gasteiger partial charge in [-0.15, -0.1) is 11.3 Å². The van der Waals surface area contributed by atoms with Crippen LogP contribution in [0.3, 0.4) is 0 Å². The predicted octanol–water partition coefficient (Wildman–Crippen LogP) is 5.27. The second-order valence-electron chi connectivity index (χ2n) is 7.95. The Morgan fingerprint density at radius 3 is 2.28 bits per heavy atom. The monoisotopic (exact) mass is 433 g/mol. The number of halogens is 1. The van der Waals surface area contributed by atoms with Crippen molar-refractivity contribution in [3.8, 4) is 5.75 Å². The van der Waals surface area contributed by atoms with Crippen LogP contribution in [0.4, 0.5) is 4.39 Å². The van der Waals surface area contributed by atoms with Gasteiger partial charge in [0.25, 0.3) is 0 Å². The number of hydrogen-bond acceptors (Lipinski definition) is 5. The summed E-state index contributed by atoms with van der Waals surface area (Å²) in [7, 11) is -3.33. The SMILES string of the molecule is CC(C)(C)c1ccc(CS(=O)(=O)Cc2csc(COc3ccc(F)cc3)n2)cc1. The largest absolute Gasteiger partial charge is 0.486 e. The highest BCUT2D eigenvalue weighted by Crippen LogP contribution is 2.23. The Kier molecular flexibility index (Phi) is 6.39. The summed E-state index contributed by atoms with van der Waals surface area (Å²) in [5.74, 6) is 0.0823. The normalized spacial score (nSPS) is 12.1. The lowest BCUT2D eigenvalue weighted by Gasteiger charge is -2.19. The first-order chi connectivity index (χ1) is 13.6. The molecule has 7 heteroatoms. The Bertz CT molecular complexity index is 1050. The zero-order chi connectivity index (χ0) is 21.1. The zero-order valence-corrected chi connectivity index (χ0v) is 18.3. The maximum Gasteiger partial charge on any atom is 0.160 e. The average Bonchev–Trinajstić information content (AvgIpc) is 3.07. The zero-order valence-electron chi connectivity index (χ0n) is 16.7. The maximum absolute atomic E-state index is 12.9. The lowest BCUT2D eigenvalue weighted by atomic mass is 9.87. The topological polar surface area (TPSA) is 56.3 Å². The standard InChI is InChI=1S/C22H24FNO3S2/c1-22(2,3)17-6-4-16(5-7-17)14-29(25,26)15-19-13-28-21(24-19)12-27-20-10-8-18(23)9-11-20/h4-11,13H,12,14-15H2,1-3H3. The molecule has 29 heavy (non-hydrogen) atoms. The number of hydrogen-bond donors (Lipinski definition) is 0. The van der Waals surface area contributed by atoms with Gasteiger partial charge in [0.2, 0.25) is 0 Å². The Morgan fingerprint density at radius 1 is 1.00 bits per heavy atom. The van der Waals surface area contributed by atoms with Crippen LogP contribution in [0.2, 0.25) is 0 Å². The van der Waals surface area contributed by atoms with Crippen LogP contribution >= 0.6 is 11.3 Å². The molecule has 0 aliphatic rings. The van der Waals surface area contributed by atoms with Crippen LogP contribution in [0.15, 0.2) is 53.9 Å². The fraction of sp³-hybridized carbons (Fsp3) is 0.318. The summed E-state index contributed by atoms with van der Waals surface area (Å²) in [5.41, 5.74) is 2.49. The van der Waals surface area contributed by atoms with Gasteiger partial charge in [-0.1, -0.05) is 45.0 Å². The van der Waals surface area contributed by atoms with Crippen molar-refractivity contribution in [3.63, 3.8) is 0 Å². The van der Waals surface area contributed by atoms with Crippen molar-refractivity contribution in [1.82, 2.24) is 4.98 Å². The molecule has 3 rings (SSSR count). The molecule has 0 N–H and O–H groups in total. The first kappa shape index (κ1) is 21.5. The van der Waals surface area contributed by atoms with Crippen molar-refractivity contribution >= 4 is 21.2 Å². The molecule has 0 saturated carbocycles. The summed E-state index contributed by atoms with van der Waals surface area (Å²) in [4.78, 5) is 4.36. The van der Waals surface area contributed by atoms with E-state index in [0.29, 0.717) is 16.5 Å². The third-order valence-electron chi connectivity index (χ3n) is 4.35. The quantitative estimate of drug-likeness (QED) is 0.509. The molecule has 0 fully saturated rings. The van der Waals surface area contributed by atoms with Crippen molar-refractivity contribution in [3.05, 3.63) is 81.6 Å². The number of benzene rings is 2. The van der Waals surface area contributed by atoms with Gasteiger partial charge in [-0.2, -0.15) is 0 Å². The molecular formula is C22H24FNO3S2. The van der Waals surface area contributed by atoms with E-state index in [1.807, 2.05) is 24.3 Å². The van der Waals surface area contributed by atoms with E-state index in [2.05, 4.69) is 25.8 Å². The number of rotatable bonds is 7. The van der Waals surface area contributed by atoms with Crippen molar-refractivity contribution < 1.29 is 17.5 Å². The van der Waals surface area contributed by atoms with Crippen LogP contribution in [-0.2, 0) is 33.4 Å². The molecule has 1 aromatic heterocycles. The van der Waals surface area contributed by atoms with Crippen molar-refractivity contribution in [2.75, 3.05) is 0 Å². The highest BCUT2D eigenvalue weighted by atomic mass is 32.2. The molecule has 0 saturated heterocycles. The highest BCUT2D eigenvalue weighted by Gasteiger charge is 2.17. The minimum absolute atomic E-state index is 0.0175. The summed E-state index contributed by atoms with van der Waals surface area (Å²) >= 11 is 1.35. The third-order valence-corrected chi connectivity index (χ3v) is 6.73. The Hall–Kier alpha value is -2.25. The summed E-state index contributed by atoms with van der Waals surface area (Å²) in [6.45, 7) is 6.58. The first-order valence-corrected chi connectivity index (χ1v) is 11.9. The van der Waals surface area contributed by atoms with E-state index >= 15 is 0 Å². The van der Waals surface area contributed by atoms with Gasteiger partial charge in [-0.05, 0) is 40.8 Å². The molecule has 0 aliphatic heterocycles. The number of nitrogens with zero attached hydrogens (tertiary/aromatic N) is 1. The van der Waals surface area contributed by atoms with E-state index < -0.39 is 9.84 Å². The summed E-state index contributed by atoms with van der Waals surface area (Å²) in [5, 5.41) is 2.41. The smallest absolute Gasteiger partial charge is 0.160 e. The van der Waals surface area contributed by atoms with Crippen molar-refractivity contribution in [2.24, 2.45) is 0 Å². The van der Waals surface area contributed by atoms with E-state index in [1.54, 1.807) is 17.5 Å². The van der Waals surface area contributed by atoms with Gasteiger partial charge in [0.15, 0.2) is 9.84 Å². The molecule has 0 spiro atoms. The van der Waals surface area contributed by atoms with E-state index in [4.69, 9.17) is 4.74 Å². The lowest BCUT2D eigenvalue weighted by Crippen LogP contribution is -2.12. The lowest BCUT2D eigenvalue weighted by molar-refractivity contribution is 0.305. The predicted molar refractivity (Wildman–Crippen MR) is 114 cm³/mol. The molecule has 0 atom stereocenters. The molecule has 1 heterocycles. The Balaban J connectivity index is 1.58. The summed E-state index contributed by atoms with van der Waals surface area (Å²) in [6, 6.07) is 13.4. The average molecular weight is 434 g/mol. The molecule has 3 aromatic rings. The molecule has 0 radical (unpaired) electrons. The van der Waals surface area contributed by atoms with E-state index in [-0.39, 0.29) is 29.3 Å². The van der Waals surface area contributed by atoms with Gasteiger partial charge >= 0.3 is 0 Å². The summed E-state index contributed by atoms with van der Waals surface area (Å²) < 4.78 is 43.6. The van der Waals surface area contributed by atoms with Gasteiger partial charge in [-0.3, -0.25) is 0 Å². The molecule has 0 aliphatic carbocycles. The number of aromatic nitrogens is 1. The number of sulfone groups is 1. The van der Waals surface area contributed by atoms with Gasteiger partial charge in [-0.25, -0.2) is 17.8 Å². The molecule has 0 bridgehead atoms. The molecule has 2 aromatic carbocycles. The second-order valence-corrected chi connectivity index (χ2v) is 11.0. The van der Waals surface area contributed by atoms with Gasteiger partial charge in [0.05, 0.1) is 17.2 Å². The van der Waals surface area contributed by atoms with Crippen LogP contribution < -0.4 is 4.74 Å². The minimum Gasteiger partial charge on any atom is -0.486 e. The minimum atomic E-state index is -3.33. The number of ether oxygens (including phenoxy) is 1. The van der Waals surface area contributed by atoms with Gasteiger partial charge < -0.3 is 4.74 Å². The maximum atomic E-state index is 12.9. The van der Waals surface area contributed by atoms with Gasteiger partial charge in [0.1, 0.15) is 23.2 Å². The third kappa shape index (κ3) is 6.37. The van der Waals surface area contributed by atoms with E-state index in [1.165, 1.54) is 29.0 Å². The number of thiazole rings is 1. The first-order valence-electron chi connectivity index (χ1n) is 9.22. The van der Waals surface area contributed by atoms with Crippen LogP contribution in [0, 0.1) is 5.82 Å². The van der Waals surface area contributed by atoms with Crippen molar-refractivity contribution in [1.29, 1.82) is 0 Å². The fourth-order valence-corrected chi connectivity index (χ4v) is 5.00.